The van der Waals surface area contributed by atoms with E-state index in [-0.39, 0.29) is 42.5 Å². The number of nitrogens with zero attached hydrogens (tertiary/aromatic N) is 3. The topological polar surface area (TPSA) is 98.6 Å². The molecule has 3 aromatic rings. The molecule has 0 bridgehead atoms. The Kier molecular flexibility index (Phi) is 5.53. The van der Waals surface area contributed by atoms with Crippen LogP contribution in [0.15, 0.2) is 51.7 Å². The van der Waals surface area contributed by atoms with E-state index in [4.69, 9.17) is 4.42 Å². The van der Waals surface area contributed by atoms with Crippen molar-refractivity contribution in [3.63, 3.8) is 0 Å². The molecule has 1 aromatic heterocycles. The molecule has 2 aromatic carbocycles. The van der Waals surface area contributed by atoms with Gasteiger partial charge in [-0.3, -0.25) is 19.5 Å². The summed E-state index contributed by atoms with van der Waals surface area (Å²) in [7, 11) is 1.63. The molecule has 3 rings (SSSR count). The molecule has 0 radical (unpaired) electrons. The Morgan fingerprint density at radius 2 is 2.07 bits per heavy atom. The standard InChI is InChI=1S/C19H18FN3O5/c1-21(12-13-4-2-5-14(20)10-13)18(24)6-3-9-22-16-8-7-15(23(26)27)11-17(16)28-19(22)25/h2,4-5,7-8,10-11H,3,6,9,12H2,1H3. The maximum atomic E-state index is 13.2. The molecule has 0 saturated heterocycles. The number of nitro groups is 1. The number of halogens is 1. The Bertz CT molecular complexity index is 1090. The van der Waals surface area contributed by atoms with Gasteiger partial charge in [0.15, 0.2) is 5.58 Å². The molecular formula is C19H18FN3O5. The third-order valence-electron chi connectivity index (χ3n) is 4.37. The van der Waals surface area contributed by atoms with Gasteiger partial charge in [0, 0.05) is 32.6 Å². The number of fused-ring (bicyclic) bond motifs is 1. The van der Waals surface area contributed by atoms with E-state index in [1.807, 2.05) is 0 Å². The summed E-state index contributed by atoms with van der Waals surface area (Å²) in [6.07, 6.45) is 0.579. The fourth-order valence-corrected chi connectivity index (χ4v) is 2.96. The van der Waals surface area contributed by atoms with Crippen molar-refractivity contribution >= 4 is 22.7 Å². The number of benzene rings is 2. The molecule has 8 nitrogen and oxygen atoms in total. The van der Waals surface area contributed by atoms with Crippen LogP contribution in [0.4, 0.5) is 10.1 Å². The number of oxazole rings is 1. The highest BCUT2D eigenvalue weighted by Crippen LogP contribution is 2.20. The molecule has 0 aliphatic carbocycles. The zero-order valence-electron chi connectivity index (χ0n) is 15.1. The molecule has 146 valence electrons. The van der Waals surface area contributed by atoms with Gasteiger partial charge in [0.1, 0.15) is 5.82 Å². The first-order valence-corrected chi connectivity index (χ1v) is 8.61. The van der Waals surface area contributed by atoms with Crippen molar-refractivity contribution in [1.82, 2.24) is 9.47 Å². The van der Waals surface area contributed by atoms with Crippen LogP contribution in [-0.2, 0) is 17.9 Å². The predicted molar refractivity (Wildman–Crippen MR) is 99.2 cm³/mol. The van der Waals surface area contributed by atoms with Gasteiger partial charge in [0.05, 0.1) is 16.5 Å². The first-order valence-electron chi connectivity index (χ1n) is 8.61. The lowest BCUT2D eigenvalue weighted by Crippen LogP contribution is -2.26. The second-order valence-corrected chi connectivity index (χ2v) is 6.41. The van der Waals surface area contributed by atoms with Crippen LogP contribution in [0, 0.1) is 15.9 Å². The molecule has 28 heavy (non-hydrogen) atoms. The molecule has 0 fully saturated rings. The fourth-order valence-electron chi connectivity index (χ4n) is 2.96. The molecular weight excluding hydrogens is 369 g/mol. The van der Waals surface area contributed by atoms with Gasteiger partial charge in [0.25, 0.3) is 5.69 Å². The minimum absolute atomic E-state index is 0.133. The van der Waals surface area contributed by atoms with Gasteiger partial charge in [-0.2, -0.15) is 0 Å². The number of aryl methyl sites for hydroxylation is 1. The van der Waals surface area contributed by atoms with Gasteiger partial charge in [0.2, 0.25) is 5.91 Å². The lowest BCUT2D eigenvalue weighted by Gasteiger charge is -2.17. The Hall–Kier alpha value is -3.49. The van der Waals surface area contributed by atoms with Gasteiger partial charge in [-0.15, -0.1) is 0 Å². The van der Waals surface area contributed by atoms with E-state index in [2.05, 4.69) is 0 Å². The fraction of sp³-hybridized carbons (Fsp3) is 0.263. The number of rotatable bonds is 7. The van der Waals surface area contributed by atoms with E-state index in [1.54, 1.807) is 19.2 Å². The van der Waals surface area contributed by atoms with E-state index in [0.717, 1.165) is 0 Å². The normalized spacial score (nSPS) is 10.9. The van der Waals surface area contributed by atoms with E-state index in [1.165, 1.54) is 39.8 Å². The highest BCUT2D eigenvalue weighted by atomic mass is 19.1. The summed E-state index contributed by atoms with van der Waals surface area (Å²) in [4.78, 5) is 36.0. The van der Waals surface area contributed by atoms with E-state index in [9.17, 15) is 24.1 Å². The van der Waals surface area contributed by atoms with E-state index < -0.39 is 10.7 Å². The molecule has 0 N–H and O–H groups in total. The predicted octanol–water partition coefficient (Wildman–Crippen LogP) is 3.08. The van der Waals surface area contributed by atoms with Crippen LogP contribution in [-0.4, -0.2) is 27.3 Å². The van der Waals surface area contributed by atoms with Crippen molar-refractivity contribution in [2.24, 2.45) is 0 Å². The maximum Gasteiger partial charge on any atom is 0.419 e. The van der Waals surface area contributed by atoms with Gasteiger partial charge < -0.3 is 9.32 Å². The number of aromatic nitrogens is 1. The number of carbonyl (C=O) groups is 1. The summed E-state index contributed by atoms with van der Waals surface area (Å²) in [6, 6.07) is 9.99. The Labute approximate surface area is 158 Å². The average Bonchev–Trinajstić information content (AvgIpc) is 2.96. The Balaban J connectivity index is 1.61. The van der Waals surface area contributed by atoms with Gasteiger partial charge >= 0.3 is 5.76 Å². The highest BCUT2D eigenvalue weighted by molar-refractivity contribution is 5.76. The zero-order chi connectivity index (χ0) is 20.3. The summed E-state index contributed by atoms with van der Waals surface area (Å²) in [5, 5.41) is 10.8. The lowest BCUT2D eigenvalue weighted by atomic mass is 10.2. The SMILES string of the molecule is CN(Cc1cccc(F)c1)C(=O)CCCn1c(=O)oc2cc([N+](=O)[O-])ccc21. The summed E-state index contributed by atoms with van der Waals surface area (Å²) < 4.78 is 19.6. The molecule has 1 amide bonds. The van der Waals surface area contributed by atoms with Crippen molar-refractivity contribution in [3.05, 3.63) is 74.5 Å². The second-order valence-electron chi connectivity index (χ2n) is 6.41. The lowest BCUT2D eigenvalue weighted by molar-refractivity contribution is -0.384. The smallest absolute Gasteiger partial charge is 0.407 e. The Morgan fingerprint density at radius 1 is 1.29 bits per heavy atom. The van der Waals surface area contributed by atoms with Gasteiger partial charge in [-0.1, -0.05) is 12.1 Å². The van der Waals surface area contributed by atoms with E-state index in [0.29, 0.717) is 17.5 Å². The number of carbonyl (C=O) groups excluding carboxylic acids is 1. The van der Waals surface area contributed by atoms with Crippen molar-refractivity contribution in [2.75, 3.05) is 7.05 Å². The quantitative estimate of drug-likeness (QED) is 0.458. The molecule has 0 spiro atoms. The van der Waals surface area contributed by atoms with E-state index >= 15 is 0 Å². The minimum atomic E-state index is -0.629. The molecule has 0 aliphatic heterocycles. The third-order valence-corrected chi connectivity index (χ3v) is 4.37. The molecule has 1 heterocycles. The van der Waals surface area contributed by atoms with Crippen LogP contribution in [0.25, 0.3) is 11.1 Å². The first-order chi connectivity index (χ1) is 13.3. The zero-order valence-corrected chi connectivity index (χ0v) is 15.1. The van der Waals surface area contributed by atoms with Crippen molar-refractivity contribution < 1.29 is 18.5 Å². The van der Waals surface area contributed by atoms with Crippen LogP contribution in [0.2, 0.25) is 0 Å². The summed E-state index contributed by atoms with van der Waals surface area (Å²) >= 11 is 0. The van der Waals surface area contributed by atoms with Gasteiger partial charge in [-0.05, 0) is 30.2 Å². The van der Waals surface area contributed by atoms with Crippen LogP contribution in [0.5, 0.6) is 0 Å². The van der Waals surface area contributed by atoms with Crippen LogP contribution >= 0.6 is 0 Å². The second kappa shape index (κ2) is 8.03. The molecule has 0 unspecified atom stereocenters. The highest BCUT2D eigenvalue weighted by Gasteiger charge is 2.15. The molecule has 0 atom stereocenters. The summed E-state index contributed by atoms with van der Waals surface area (Å²) in [5.41, 5.74) is 1.10. The van der Waals surface area contributed by atoms with Crippen LogP contribution in [0.3, 0.4) is 0 Å². The largest absolute Gasteiger partial charge is 0.419 e. The number of hydrogen-bond acceptors (Lipinski definition) is 5. The van der Waals surface area contributed by atoms with Crippen LogP contribution < -0.4 is 5.76 Å². The third kappa shape index (κ3) is 4.25. The van der Waals surface area contributed by atoms with Crippen LogP contribution in [0.1, 0.15) is 18.4 Å². The Morgan fingerprint density at radius 3 is 2.79 bits per heavy atom. The number of amides is 1. The first kappa shape index (κ1) is 19.3. The minimum Gasteiger partial charge on any atom is -0.407 e. The molecule has 0 saturated carbocycles. The molecule has 0 aliphatic rings. The summed E-state index contributed by atoms with van der Waals surface area (Å²) in [5.74, 6) is -1.12. The average molecular weight is 387 g/mol. The van der Waals surface area contributed by atoms with Gasteiger partial charge in [-0.25, -0.2) is 9.18 Å². The monoisotopic (exact) mass is 387 g/mol. The number of hydrogen-bond donors (Lipinski definition) is 0. The van der Waals surface area contributed by atoms with Crippen molar-refractivity contribution in [2.45, 2.75) is 25.9 Å². The molecule has 9 heteroatoms. The van der Waals surface area contributed by atoms with Crippen molar-refractivity contribution in [1.29, 1.82) is 0 Å². The number of nitro benzene ring substituents is 1. The summed E-state index contributed by atoms with van der Waals surface area (Å²) in [6.45, 7) is 0.526. The van der Waals surface area contributed by atoms with Crippen molar-refractivity contribution in [3.8, 4) is 0 Å². The number of non-ortho nitro benzene ring substituents is 1. The maximum absolute atomic E-state index is 13.2.